The number of nitrogens with two attached hydrogens (primary N) is 1. The highest BCUT2D eigenvalue weighted by Gasteiger charge is 2.14. The van der Waals surface area contributed by atoms with E-state index in [9.17, 15) is 4.79 Å². The number of nitrogens with one attached hydrogen (secondary N) is 1. The van der Waals surface area contributed by atoms with Gasteiger partial charge in [-0.05, 0) is 37.6 Å². The van der Waals surface area contributed by atoms with Crippen molar-refractivity contribution in [2.45, 2.75) is 13.8 Å². The average molecular weight is 268 g/mol. The Morgan fingerprint density at radius 3 is 2.80 bits per heavy atom. The topological polar surface area (TPSA) is 68.3 Å². The van der Waals surface area contributed by atoms with Crippen LogP contribution in [-0.2, 0) is 0 Å². The molecule has 4 nitrogen and oxygen atoms in total. The predicted octanol–water partition coefficient (Wildman–Crippen LogP) is 2.46. The number of hydrogen-bond donors (Lipinski definition) is 2. The van der Waals surface area contributed by atoms with Crippen LogP contribution in [0.5, 0.6) is 0 Å². The summed E-state index contributed by atoms with van der Waals surface area (Å²) >= 11 is 0. The fourth-order valence-corrected chi connectivity index (χ4v) is 1.80. The summed E-state index contributed by atoms with van der Waals surface area (Å²) in [7, 11) is 0. The van der Waals surface area contributed by atoms with Gasteiger partial charge in [0.2, 0.25) is 0 Å². The van der Waals surface area contributed by atoms with Crippen molar-refractivity contribution in [2.24, 2.45) is 5.73 Å². The molecule has 1 heterocycles. The van der Waals surface area contributed by atoms with Gasteiger partial charge in [-0.2, -0.15) is 0 Å². The first kappa shape index (κ1) is 13.9. The molecule has 3 N–H and O–H groups in total. The largest absolute Gasteiger partial charge is 0.459 e. The average Bonchev–Trinajstić information content (AvgIpc) is 2.85. The van der Waals surface area contributed by atoms with Crippen LogP contribution in [0.15, 0.2) is 34.9 Å². The molecule has 0 saturated heterocycles. The molecular formula is C16H16N2O2. The minimum Gasteiger partial charge on any atom is -0.459 e. The number of carbonyl (C=O) groups is 1. The molecule has 0 bridgehead atoms. The van der Waals surface area contributed by atoms with Gasteiger partial charge in [0.05, 0.1) is 18.5 Å². The zero-order valence-corrected chi connectivity index (χ0v) is 11.5. The zero-order chi connectivity index (χ0) is 14.5. The van der Waals surface area contributed by atoms with Gasteiger partial charge in [-0.15, -0.1) is 0 Å². The van der Waals surface area contributed by atoms with Gasteiger partial charge in [0.1, 0.15) is 0 Å². The van der Waals surface area contributed by atoms with Crippen molar-refractivity contribution in [2.75, 3.05) is 11.9 Å². The van der Waals surface area contributed by atoms with Crippen LogP contribution in [0, 0.1) is 25.7 Å². The molecule has 1 aromatic heterocycles. The number of amides is 1. The number of hydrogen-bond acceptors (Lipinski definition) is 3. The molecule has 0 unspecified atom stereocenters. The Morgan fingerprint density at radius 2 is 2.15 bits per heavy atom. The van der Waals surface area contributed by atoms with Crippen molar-refractivity contribution in [3.05, 3.63) is 53.0 Å². The summed E-state index contributed by atoms with van der Waals surface area (Å²) in [6.45, 7) is 4.07. The predicted molar refractivity (Wildman–Crippen MR) is 78.5 cm³/mol. The molecule has 0 aliphatic heterocycles. The van der Waals surface area contributed by atoms with E-state index >= 15 is 0 Å². The van der Waals surface area contributed by atoms with Crippen LogP contribution >= 0.6 is 0 Å². The van der Waals surface area contributed by atoms with Crippen LogP contribution in [0.1, 0.15) is 27.2 Å². The van der Waals surface area contributed by atoms with E-state index < -0.39 is 0 Å². The van der Waals surface area contributed by atoms with Gasteiger partial charge in [0.15, 0.2) is 5.76 Å². The fraction of sp³-hybridized carbons (Fsp3) is 0.188. The first-order valence-corrected chi connectivity index (χ1v) is 6.27. The number of rotatable bonds is 2. The lowest BCUT2D eigenvalue weighted by Crippen LogP contribution is -2.13. The Kier molecular flexibility index (Phi) is 4.24. The van der Waals surface area contributed by atoms with E-state index in [0.29, 0.717) is 11.4 Å². The van der Waals surface area contributed by atoms with E-state index in [0.717, 1.165) is 16.7 Å². The smallest absolute Gasteiger partial charge is 0.291 e. The van der Waals surface area contributed by atoms with Gasteiger partial charge >= 0.3 is 0 Å². The summed E-state index contributed by atoms with van der Waals surface area (Å²) in [5.74, 6) is 5.78. The molecule has 102 valence electrons. The Balaban J connectivity index is 2.29. The molecule has 0 fully saturated rings. The highest BCUT2D eigenvalue weighted by Crippen LogP contribution is 2.18. The molecule has 1 aromatic carbocycles. The molecule has 0 aliphatic carbocycles. The molecule has 2 aromatic rings. The minimum atomic E-state index is -0.285. The van der Waals surface area contributed by atoms with Crippen molar-refractivity contribution < 1.29 is 9.21 Å². The van der Waals surface area contributed by atoms with Crippen molar-refractivity contribution in [3.8, 4) is 11.8 Å². The summed E-state index contributed by atoms with van der Waals surface area (Å²) in [5, 5.41) is 2.81. The van der Waals surface area contributed by atoms with Gasteiger partial charge in [-0.1, -0.05) is 17.9 Å². The van der Waals surface area contributed by atoms with Crippen molar-refractivity contribution in [3.63, 3.8) is 0 Å². The van der Waals surface area contributed by atoms with Crippen LogP contribution in [0.25, 0.3) is 0 Å². The second-order valence-electron chi connectivity index (χ2n) is 4.44. The summed E-state index contributed by atoms with van der Waals surface area (Å²) < 4.78 is 5.17. The Hall–Kier alpha value is -2.51. The third kappa shape index (κ3) is 3.08. The number of benzene rings is 1. The van der Waals surface area contributed by atoms with E-state index in [-0.39, 0.29) is 12.5 Å². The van der Waals surface area contributed by atoms with Crippen LogP contribution in [-0.4, -0.2) is 12.5 Å². The van der Waals surface area contributed by atoms with E-state index in [1.54, 1.807) is 6.07 Å². The molecule has 0 aliphatic rings. The second-order valence-corrected chi connectivity index (χ2v) is 4.44. The number of anilines is 1. The minimum absolute atomic E-state index is 0.276. The molecular weight excluding hydrogens is 252 g/mol. The normalized spacial score (nSPS) is 9.75. The Labute approximate surface area is 118 Å². The third-order valence-electron chi connectivity index (χ3n) is 2.82. The summed E-state index contributed by atoms with van der Waals surface area (Å²) in [4.78, 5) is 12.1. The summed E-state index contributed by atoms with van der Waals surface area (Å²) in [6, 6.07) is 7.40. The SMILES string of the molecule is Cc1ccc(NC(=O)c2occc2C)c(C#CCN)c1. The van der Waals surface area contributed by atoms with Gasteiger partial charge in [0, 0.05) is 11.1 Å². The molecule has 0 atom stereocenters. The quantitative estimate of drug-likeness (QED) is 0.822. The first-order chi connectivity index (χ1) is 9.61. The maximum absolute atomic E-state index is 12.1. The Morgan fingerprint density at radius 1 is 1.35 bits per heavy atom. The Bertz CT molecular complexity index is 690. The third-order valence-corrected chi connectivity index (χ3v) is 2.82. The van der Waals surface area contributed by atoms with Gasteiger partial charge in [0.25, 0.3) is 5.91 Å². The fourth-order valence-electron chi connectivity index (χ4n) is 1.80. The van der Waals surface area contributed by atoms with Gasteiger partial charge in [-0.3, -0.25) is 4.79 Å². The molecule has 0 radical (unpaired) electrons. The van der Waals surface area contributed by atoms with Crippen molar-refractivity contribution in [1.29, 1.82) is 0 Å². The number of furan rings is 1. The number of carbonyl (C=O) groups excluding carboxylic acids is 1. The van der Waals surface area contributed by atoms with E-state index in [2.05, 4.69) is 17.2 Å². The van der Waals surface area contributed by atoms with Crippen LogP contribution in [0.3, 0.4) is 0 Å². The second kappa shape index (κ2) is 6.09. The lowest BCUT2D eigenvalue weighted by molar-refractivity contribution is 0.0996. The number of aryl methyl sites for hydroxylation is 2. The van der Waals surface area contributed by atoms with E-state index in [1.807, 2.05) is 32.0 Å². The van der Waals surface area contributed by atoms with Crippen LogP contribution in [0.4, 0.5) is 5.69 Å². The molecule has 0 spiro atoms. The summed E-state index contributed by atoms with van der Waals surface area (Å²) in [6.07, 6.45) is 1.49. The highest BCUT2D eigenvalue weighted by molar-refractivity contribution is 6.03. The standard InChI is InChI=1S/C16H16N2O2/c1-11-5-6-14(13(10-11)4-3-8-17)18-16(19)15-12(2)7-9-20-15/h5-7,9-10H,8,17H2,1-2H3,(H,18,19). The molecule has 4 heteroatoms. The first-order valence-electron chi connectivity index (χ1n) is 6.27. The zero-order valence-electron chi connectivity index (χ0n) is 11.5. The van der Waals surface area contributed by atoms with Gasteiger partial charge < -0.3 is 15.5 Å². The molecule has 2 rings (SSSR count). The van der Waals surface area contributed by atoms with E-state index in [1.165, 1.54) is 6.26 Å². The van der Waals surface area contributed by atoms with E-state index in [4.69, 9.17) is 10.2 Å². The van der Waals surface area contributed by atoms with Crippen LogP contribution < -0.4 is 11.1 Å². The van der Waals surface area contributed by atoms with Crippen molar-refractivity contribution in [1.82, 2.24) is 0 Å². The maximum Gasteiger partial charge on any atom is 0.291 e. The van der Waals surface area contributed by atoms with Crippen LogP contribution in [0.2, 0.25) is 0 Å². The van der Waals surface area contributed by atoms with Gasteiger partial charge in [-0.25, -0.2) is 0 Å². The lowest BCUT2D eigenvalue weighted by Gasteiger charge is -2.07. The molecule has 20 heavy (non-hydrogen) atoms. The molecule has 0 saturated carbocycles. The van der Waals surface area contributed by atoms with Crippen molar-refractivity contribution >= 4 is 11.6 Å². The lowest BCUT2D eigenvalue weighted by atomic mass is 10.1. The molecule has 1 amide bonds. The monoisotopic (exact) mass is 268 g/mol. The highest BCUT2D eigenvalue weighted by atomic mass is 16.3. The summed E-state index contributed by atoms with van der Waals surface area (Å²) in [5.41, 5.74) is 8.64. The maximum atomic E-state index is 12.1.